The fraction of sp³-hybridized carbons (Fsp3) is 0.167. The average molecular weight is 345 g/mol. The molecular weight excluding hydrogens is 334 g/mol. The largest absolute Gasteiger partial charge is 0.493 e. The second-order valence-corrected chi connectivity index (χ2v) is 4.91. The van der Waals surface area contributed by atoms with Gasteiger partial charge in [-0.3, -0.25) is 9.89 Å². The van der Waals surface area contributed by atoms with Crippen molar-refractivity contribution < 1.29 is 9.53 Å². The molecule has 1 aromatic heterocycles. The Balaban J connectivity index is 2.26. The van der Waals surface area contributed by atoms with Crippen LogP contribution in [-0.2, 0) is 0 Å². The zero-order valence-electron chi connectivity index (χ0n) is 10.0. The zero-order valence-corrected chi connectivity index (χ0v) is 12.4. The first-order valence-corrected chi connectivity index (χ1v) is 6.71. The molecule has 7 heteroatoms. The van der Waals surface area contributed by atoms with E-state index in [4.69, 9.17) is 16.3 Å². The van der Waals surface area contributed by atoms with Crippen molar-refractivity contribution in [3.05, 3.63) is 39.5 Å². The summed E-state index contributed by atoms with van der Waals surface area (Å²) in [4.78, 5) is 12.2. The third-order valence-corrected chi connectivity index (χ3v) is 3.16. The third-order valence-electron chi connectivity index (χ3n) is 2.32. The molecule has 2 aromatic rings. The topological polar surface area (TPSA) is 67.0 Å². The van der Waals surface area contributed by atoms with Gasteiger partial charge in [0.25, 0.3) is 5.91 Å². The van der Waals surface area contributed by atoms with Crippen molar-refractivity contribution in [3.63, 3.8) is 0 Å². The first kappa shape index (κ1) is 13.9. The normalized spacial score (nSPS) is 10.3. The lowest BCUT2D eigenvalue weighted by atomic mass is 10.2. The molecule has 2 rings (SSSR count). The quantitative estimate of drug-likeness (QED) is 0.892. The molecule has 0 unspecified atom stereocenters. The van der Waals surface area contributed by atoms with E-state index < -0.39 is 0 Å². The number of amides is 1. The summed E-state index contributed by atoms with van der Waals surface area (Å²) in [6, 6.07) is 4.87. The number of nitrogens with zero attached hydrogens (tertiary/aromatic N) is 1. The van der Waals surface area contributed by atoms with Gasteiger partial charge in [-0.15, -0.1) is 0 Å². The highest BCUT2D eigenvalue weighted by molar-refractivity contribution is 9.10. The lowest BCUT2D eigenvalue weighted by molar-refractivity contribution is 0.102. The number of benzene rings is 1. The molecule has 0 radical (unpaired) electrons. The summed E-state index contributed by atoms with van der Waals surface area (Å²) >= 11 is 9.16. The first-order chi connectivity index (χ1) is 9.11. The predicted molar refractivity (Wildman–Crippen MR) is 76.9 cm³/mol. The van der Waals surface area contributed by atoms with Gasteiger partial charge in [0.05, 0.1) is 22.8 Å². The number of aromatic amines is 1. The lowest BCUT2D eigenvalue weighted by Gasteiger charge is -2.10. The van der Waals surface area contributed by atoms with E-state index in [9.17, 15) is 4.79 Å². The van der Waals surface area contributed by atoms with Crippen LogP contribution in [0.25, 0.3) is 0 Å². The van der Waals surface area contributed by atoms with E-state index >= 15 is 0 Å². The Bertz CT molecular complexity index is 600. The van der Waals surface area contributed by atoms with E-state index in [0.717, 1.165) is 0 Å². The van der Waals surface area contributed by atoms with E-state index in [1.807, 2.05) is 6.92 Å². The minimum Gasteiger partial charge on any atom is -0.493 e. The van der Waals surface area contributed by atoms with Crippen molar-refractivity contribution in [3.8, 4) is 5.75 Å². The van der Waals surface area contributed by atoms with E-state index in [1.165, 1.54) is 0 Å². The van der Waals surface area contributed by atoms with Crippen LogP contribution < -0.4 is 10.1 Å². The summed E-state index contributed by atoms with van der Waals surface area (Å²) < 4.78 is 6.08. The van der Waals surface area contributed by atoms with Gasteiger partial charge in [-0.1, -0.05) is 11.6 Å². The summed E-state index contributed by atoms with van der Waals surface area (Å²) in [5.41, 5.74) is 0.410. The minimum absolute atomic E-state index is 0.301. The summed E-state index contributed by atoms with van der Waals surface area (Å²) in [6.07, 6.45) is 1.56. The monoisotopic (exact) mass is 343 g/mol. The van der Waals surface area contributed by atoms with Crippen molar-refractivity contribution in [2.75, 3.05) is 11.9 Å². The summed E-state index contributed by atoms with van der Waals surface area (Å²) in [5, 5.41) is 9.69. The van der Waals surface area contributed by atoms with Crippen LogP contribution in [0.1, 0.15) is 17.3 Å². The molecule has 1 amide bonds. The van der Waals surface area contributed by atoms with Crippen LogP contribution >= 0.6 is 27.5 Å². The Morgan fingerprint density at radius 3 is 3.00 bits per heavy atom. The van der Waals surface area contributed by atoms with Gasteiger partial charge in [0.2, 0.25) is 0 Å². The van der Waals surface area contributed by atoms with Crippen LogP contribution in [0.5, 0.6) is 5.75 Å². The number of carbonyl (C=O) groups is 1. The highest BCUT2D eigenvalue weighted by atomic mass is 79.9. The van der Waals surface area contributed by atoms with Gasteiger partial charge in [0.15, 0.2) is 0 Å². The number of H-pyrrole nitrogens is 1. The van der Waals surface area contributed by atoms with Gasteiger partial charge >= 0.3 is 0 Å². The van der Waals surface area contributed by atoms with Crippen LogP contribution in [0.3, 0.4) is 0 Å². The molecule has 2 N–H and O–H groups in total. The molecule has 0 saturated carbocycles. The van der Waals surface area contributed by atoms with Crippen LogP contribution in [0, 0.1) is 0 Å². The molecule has 0 fully saturated rings. The van der Waals surface area contributed by atoms with Crippen molar-refractivity contribution in [2.45, 2.75) is 6.92 Å². The molecule has 0 atom stereocenters. The number of aromatic nitrogens is 2. The van der Waals surface area contributed by atoms with Crippen molar-refractivity contribution in [2.24, 2.45) is 0 Å². The molecule has 0 aliphatic carbocycles. The van der Waals surface area contributed by atoms with Gasteiger partial charge in [-0.05, 0) is 41.1 Å². The Hall–Kier alpha value is -1.53. The molecule has 5 nitrogen and oxygen atoms in total. The maximum atomic E-state index is 12.2. The Morgan fingerprint density at radius 2 is 2.37 bits per heavy atom. The number of nitrogens with one attached hydrogen (secondary N) is 2. The first-order valence-electron chi connectivity index (χ1n) is 5.54. The van der Waals surface area contributed by atoms with Crippen molar-refractivity contribution >= 4 is 39.3 Å². The van der Waals surface area contributed by atoms with Gasteiger partial charge in [0.1, 0.15) is 11.6 Å². The van der Waals surface area contributed by atoms with Gasteiger partial charge < -0.3 is 10.1 Å². The molecule has 1 heterocycles. The van der Waals surface area contributed by atoms with E-state index in [0.29, 0.717) is 33.2 Å². The minimum atomic E-state index is -0.301. The van der Waals surface area contributed by atoms with Crippen molar-refractivity contribution in [1.29, 1.82) is 0 Å². The highest BCUT2D eigenvalue weighted by Crippen LogP contribution is 2.25. The standard InChI is InChI=1S/C12H11BrClN3O2/c1-2-19-10-5-7(14)3-4-8(10)12(18)16-11-9(13)6-15-17-11/h3-6H,2H2,1H3,(H2,15,16,17,18). The van der Waals surface area contributed by atoms with Crippen LogP contribution in [0.4, 0.5) is 5.82 Å². The summed E-state index contributed by atoms with van der Waals surface area (Å²) in [5.74, 6) is 0.635. The second-order valence-electron chi connectivity index (χ2n) is 3.62. The predicted octanol–water partition coefficient (Wildman–Crippen LogP) is 3.48. The number of hydrogen-bond donors (Lipinski definition) is 2. The Labute approximate surface area is 123 Å². The zero-order chi connectivity index (χ0) is 13.8. The number of ether oxygens (including phenoxy) is 1. The number of rotatable bonds is 4. The SMILES string of the molecule is CCOc1cc(Cl)ccc1C(=O)Nc1[nH]ncc1Br. The molecular formula is C12H11BrClN3O2. The number of carbonyl (C=O) groups excluding carboxylic acids is 1. The highest BCUT2D eigenvalue weighted by Gasteiger charge is 2.15. The van der Waals surface area contributed by atoms with Gasteiger partial charge in [0, 0.05) is 5.02 Å². The molecule has 0 saturated heterocycles. The number of halogens is 2. The average Bonchev–Trinajstić information content (AvgIpc) is 2.75. The lowest BCUT2D eigenvalue weighted by Crippen LogP contribution is -2.14. The summed E-state index contributed by atoms with van der Waals surface area (Å²) in [7, 11) is 0. The second kappa shape index (κ2) is 6.08. The molecule has 100 valence electrons. The van der Waals surface area contributed by atoms with Gasteiger partial charge in [-0.25, -0.2) is 0 Å². The van der Waals surface area contributed by atoms with E-state index in [1.54, 1.807) is 24.4 Å². The van der Waals surface area contributed by atoms with E-state index in [-0.39, 0.29) is 5.91 Å². The van der Waals surface area contributed by atoms with Crippen molar-refractivity contribution in [1.82, 2.24) is 10.2 Å². The number of anilines is 1. The molecule has 0 aliphatic rings. The fourth-order valence-electron chi connectivity index (χ4n) is 1.50. The maximum Gasteiger partial charge on any atom is 0.260 e. The van der Waals surface area contributed by atoms with Crippen LogP contribution in [-0.4, -0.2) is 22.7 Å². The van der Waals surface area contributed by atoms with E-state index in [2.05, 4.69) is 31.4 Å². The van der Waals surface area contributed by atoms with Gasteiger partial charge in [-0.2, -0.15) is 5.10 Å². The van der Waals surface area contributed by atoms with Crippen LogP contribution in [0.2, 0.25) is 5.02 Å². The fourth-order valence-corrected chi connectivity index (χ4v) is 1.95. The molecule has 0 spiro atoms. The molecule has 19 heavy (non-hydrogen) atoms. The smallest absolute Gasteiger partial charge is 0.260 e. The molecule has 1 aromatic carbocycles. The Kier molecular flexibility index (Phi) is 4.44. The maximum absolute atomic E-state index is 12.2. The number of hydrogen-bond acceptors (Lipinski definition) is 3. The van der Waals surface area contributed by atoms with Crippen LogP contribution in [0.15, 0.2) is 28.9 Å². The summed E-state index contributed by atoms with van der Waals surface area (Å²) in [6.45, 7) is 2.29. The molecule has 0 aliphatic heterocycles. The third kappa shape index (κ3) is 3.27. The molecule has 0 bridgehead atoms. The Morgan fingerprint density at radius 1 is 1.58 bits per heavy atom.